The van der Waals surface area contributed by atoms with Gasteiger partial charge < -0.3 is 14.6 Å². The molecule has 284 valence electrons. The molecule has 8 nitrogen and oxygen atoms in total. The van der Waals surface area contributed by atoms with Gasteiger partial charge in [-0.15, -0.1) is 0 Å². The van der Waals surface area contributed by atoms with Crippen LogP contribution in [-0.2, 0) is 20.9 Å². The number of rotatable bonds is 11. The minimum Gasteiger partial charge on any atom is -0.507 e. The van der Waals surface area contributed by atoms with Crippen LogP contribution < -0.4 is 4.74 Å². The number of hydrogen-bond donors (Lipinski definition) is 1. The average molecular weight is 746 g/mol. The number of fused-ring (bicyclic) bond motifs is 4. The number of carbonyl (C=O) groups excluding carboxylic acids is 2. The molecule has 4 atom stereocenters. The summed E-state index contributed by atoms with van der Waals surface area (Å²) in [5, 5.41) is 12.4. The Labute approximate surface area is 328 Å². The van der Waals surface area contributed by atoms with Crippen molar-refractivity contribution in [1.82, 2.24) is 14.8 Å². The number of nitrogens with zero attached hydrogens (tertiary/aromatic N) is 3. The Morgan fingerprint density at radius 3 is 2.32 bits per heavy atom. The average Bonchev–Trinajstić information content (AvgIpc) is 3.78. The molecular formula is C48H47N3O5. The molecule has 3 saturated heterocycles. The standard InChI is InChI=1S/C48H47N3O5/c52-43-20-18-33(38-15-7-8-16-39(38)43)27-34(42-17-9-10-24-49-42)19-21-44-45-35(30-55-37-13-5-2-6-14-37)28-40-46(41(45)31-56-44)48(54)51(47(40)53)36-22-25-50(26-23-36)29-32-11-3-1-4-12-32/h1-18,20,24,27,36,40-41,44,46,52H,19,21-23,25-26,28-31H2/b34-27-/t40-,41+,44-,46-/m1/s1. The summed E-state index contributed by atoms with van der Waals surface area (Å²) >= 11 is 0. The molecule has 4 aliphatic rings. The van der Waals surface area contributed by atoms with Crippen LogP contribution in [0, 0.1) is 17.8 Å². The van der Waals surface area contributed by atoms with Crippen LogP contribution in [0.5, 0.6) is 11.5 Å². The number of para-hydroxylation sites is 1. The number of benzene rings is 4. The van der Waals surface area contributed by atoms with Gasteiger partial charge in [0.2, 0.25) is 11.8 Å². The number of pyridine rings is 1. The number of amides is 2. The molecule has 4 aromatic carbocycles. The lowest BCUT2D eigenvalue weighted by atomic mass is 9.69. The first-order valence-electron chi connectivity index (χ1n) is 20.0. The number of phenols is 1. The van der Waals surface area contributed by atoms with E-state index in [2.05, 4.69) is 35.2 Å². The second kappa shape index (κ2) is 15.9. The maximum absolute atomic E-state index is 14.5. The molecule has 9 rings (SSSR count). The molecule has 0 radical (unpaired) electrons. The Morgan fingerprint density at radius 1 is 0.821 bits per heavy atom. The number of imide groups is 1. The summed E-state index contributed by atoms with van der Waals surface area (Å²) in [6.45, 7) is 3.34. The highest BCUT2D eigenvalue weighted by molar-refractivity contribution is 6.06. The molecule has 1 N–H and O–H groups in total. The Kier molecular flexibility index (Phi) is 10.2. The zero-order chi connectivity index (χ0) is 38.0. The van der Waals surface area contributed by atoms with Gasteiger partial charge in [0, 0.05) is 43.2 Å². The molecule has 3 fully saturated rings. The molecule has 0 spiro atoms. The van der Waals surface area contributed by atoms with Gasteiger partial charge >= 0.3 is 0 Å². The molecule has 8 heteroatoms. The normalized spacial score (nSPS) is 23.1. The lowest BCUT2D eigenvalue weighted by Gasteiger charge is -2.36. The first-order valence-corrected chi connectivity index (χ1v) is 20.0. The fourth-order valence-electron chi connectivity index (χ4n) is 9.59. The quantitative estimate of drug-likeness (QED) is 0.107. The molecule has 5 aromatic rings. The topological polar surface area (TPSA) is 92.2 Å². The maximum atomic E-state index is 14.5. The molecule has 3 aliphatic heterocycles. The fraction of sp³-hybridized carbons (Fsp3) is 0.312. The van der Waals surface area contributed by atoms with Crippen molar-refractivity contribution in [3.05, 3.63) is 149 Å². The van der Waals surface area contributed by atoms with E-state index >= 15 is 0 Å². The fourth-order valence-corrected chi connectivity index (χ4v) is 9.59. The summed E-state index contributed by atoms with van der Waals surface area (Å²) in [7, 11) is 0. The van der Waals surface area contributed by atoms with Crippen LogP contribution in [0.3, 0.4) is 0 Å². The largest absolute Gasteiger partial charge is 0.507 e. The lowest BCUT2D eigenvalue weighted by molar-refractivity contribution is -0.144. The Bertz CT molecular complexity index is 2270. The maximum Gasteiger partial charge on any atom is 0.234 e. The van der Waals surface area contributed by atoms with Gasteiger partial charge in [-0.05, 0) is 102 Å². The number of allylic oxidation sites excluding steroid dienone is 1. The number of phenolic OH excluding ortho intramolecular Hbond substituents is 1. The van der Waals surface area contributed by atoms with Crippen molar-refractivity contribution >= 4 is 34.2 Å². The summed E-state index contributed by atoms with van der Waals surface area (Å²) in [6, 6.07) is 37.7. The lowest BCUT2D eigenvalue weighted by Crippen LogP contribution is -2.47. The Morgan fingerprint density at radius 2 is 1.55 bits per heavy atom. The highest BCUT2D eigenvalue weighted by atomic mass is 16.5. The predicted octanol–water partition coefficient (Wildman–Crippen LogP) is 8.32. The Hall–Kier alpha value is -5.57. The van der Waals surface area contributed by atoms with Crippen LogP contribution in [0.2, 0.25) is 0 Å². The highest BCUT2D eigenvalue weighted by Crippen LogP contribution is 2.51. The van der Waals surface area contributed by atoms with Gasteiger partial charge in [0.1, 0.15) is 18.1 Å². The van der Waals surface area contributed by atoms with E-state index in [0.717, 1.165) is 77.0 Å². The SMILES string of the molecule is O=C1[C@@H]2[C@@H](CC(COc3ccccc3)=C3[C@@H](CC/C(=C/c4ccc(O)c5ccccc45)c4ccccn4)OC[C@@H]32)C(=O)N1C1CCN(Cc2ccccc2)CC1. The van der Waals surface area contributed by atoms with Crippen molar-refractivity contribution in [1.29, 1.82) is 0 Å². The van der Waals surface area contributed by atoms with E-state index < -0.39 is 11.8 Å². The van der Waals surface area contributed by atoms with Crippen molar-refractivity contribution in [2.24, 2.45) is 17.8 Å². The van der Waals surface area contributed by atoms with Gasteiger partial charge in [0.15, 0.2) is 0 Å². The molecule has 56 heavy (non-hydrogen) atoms. The van der Waals surface area contributed by atoms with Crippen LogP contribution in [0.4, 0.5) is 0 Å². The minimum absolute atomic E-state index is 0.0236. The van der Waals surface area contributed by atoms with E-state index in [-0.39, 0.29) is 35.6 Å². The van der Waals surface area contributed by atoms with Crippen molar-refractivity contribution in [2.75, 3.05) is 26.3 Å². The molecule has 0 unspecified atom stereocenters. The van der Waals surface area contributed by atoms with Gasteiger partial charge in [-0.25, -0.2) is 0 Å². The number of carbonyl (C=O) groups is 2. The summed E-state index contributed by atoms with van der Waals surface area (Å²) in [6.07, 6.45) is 7.19. The third-order valence-electron chi connectivity index (χ3n) is 12.3. The highest BCUT2D eigenvalue weighted by Gasteiger charge is 2.58. The summed E-state index contributed by atoms with van der Waals surface area (Å²) in [5.41, 5.74) is 6.44. The number of aromatic hydroxyl groups is 1. The summed E-state index contributed by atoms with van der Waals surface area (Å²) < 4.78 is 13.0. The molecule has 2 amide bonds. The van der Waals surface area contributed by atoms with Gasteiger partial charge in [0.05, 0.1) is 30.2 Å². The number of aromatic nitrogens is 1. The number of hydrogen-bond acceptors (Lipinski definition) is 7. The molecule has 1 aliphatic carbocycles. The van der Waals surface area contributed by atoms with Gasteiger partial charge in [-0.1, -0.05) is 84.9 Å². The van der Waals surface area contributed by atoms with E-state index in [1.165, 1.54) is 5.56 Å². The number of likely N-dealkylation sites (tertiary alicyclic amines) is 2. The van der Waals surface area contributed by atoms with Crippen LogP contribution in [0.15, 0.2) is 133 Å². The van der Waals surface area contributed by atoms with Crippen molar-refractivity contribution in [3.63, 3.8) is 0 Å². The van der Waals surface area contributed by atoms with E-state index in [0.29, 0.717) is 32.5 Å². The van der Waals surface area contributed by atoms with Crippen LogP contribution in [-0.4, -0.2) is 70.2 Å². The first kappa shape index (κ1) is 36.1. The molecule has 0 saturated carbocycles. The smallest absolute Gasteiger partial charge is 0.234 e. The van der Waals surface area contributed by atoms with E-state index in [1.54, 1.807) is 11.0 Å². The molecule has 0 bridgehead atoms. The number of piperidine rings is 1. The zero-order valence-electron chi connectivity index (χ0n) is 31.5. The van der Waals surface area contributed by atoms with Gasteiger partial charge in [-0.2, -0.15) is 0 Å². The van der Waals surface area contributed by atoms with Gasteiger partial charge in [0.25, 0.3) is 0 Å². The Balaban J connectivity index is 0.978. The minimum atomic E-state index is -0.417. The second-order valence-corrected chi connectivity index (χ2v) is 15.6. The molecular weight excluding hydrogens is 699 g/mol. The van der Waals surface area contributed by atoms with Crippen LogP contribution in [0.25, 0.3) is 22.4 Å². The third-order valence-corrected chi connectivity index (χ3v) is 12.3. The van der Waals surface area contributed by atoms with Crippen molar-refractivity contribution in [3.8, 4) is 11.5 Å². The van der Waals surface area contributed by atoms with Crippen molar-refractivity contribution < 1.29 is 24.2 Å². The van der Waals surface area contributed by atoms with E-state index in [9.17, 15) is 14.7 Å². The first-order chi connectivity index (χ1) is 27.5. The second-order valence-electron chi connectivity index (χ2n) is 15.6. The summed E-state index contributed by atoms with van der Waals surface area (Å²) in [4.78, 5) is 37.6. The van der Waals surface area contributed by atoms with Crippen LogP contribution in [0.1, 0.15) is 48.9 Å². The molecule has 4 heterocycles. The predicted molar refractivity (Wildman–Crippen MR) is 217 cm³/mol. The summed E-state index contributed by atoms with van der Waals surface area (Å²) in [5.74, 6) is -0.0128. The molecule has 1 aromatic heterocycles. The van der Waals surface area contributed by atoms with Gasteiger partial charge in [-0.3, -0.25) is 24.4 Å². The monoisotopic (exact) mass is 745 g/mol. The van der Waals surface area contributed by atoms with E-state index in [1.807, 2.05) is 91.1 Å². The van der Waals surface area contributed by atoms with E-state index in [4.69, 9.17) is 14.5 Å². The zero-order valence-corrected chi connectivity index (χ0v) is 31.5. The van der Waals surface area contributed by atoms with Crippen LogP contribution >= 0.6 is 0 Å². The number of ether oxygens (including phenoxy) is 2. The van der Waals surface area contributed by atoms with Crippen molar-refractivity contribution in [2.45, 2.75) is 50.8 Å². The third kappa shape index (κ3) is 7.15.